The lowest BCUT2D eigenvalue weighted by atomic mass is 10.1. The first kappa shape index (κ1) is 16.7. The smallest absolute Gasteiger partial charge is 0.138 e. The molecule has 1 aromatic heterocycles. The quantitative estimate of drug-likeness (QED) is 0.452. The van der Waals surface area contributed by atoms with Crippen molar-refractivity contribution in [3.63, 3.8) is 0 Å². The van der Waals surface area contributed by atoms with Gasteiger partial charge in [-0.25, -0.2) is 0 Å². The number of hydrogen-bond donors (Lipinski definition) is 1. The summed E-state index contributed by atoms with van der Waals surface area (Å²) in [6.45, 7) is 0. The molecule has 0 saturated carbocycles. The van der Waals surface area contributed by atoms with Crippen molar-refractivity contribution in [2.24, 2.45) is 0 Å². The molecule has 4 rings (SSSR count). The lowest BCUT2D eigenvalue weighted by Gasteiger charge is -2.12. The van der Waals surface area contributed by atoms with Crippen molar-refractivity contribution in [3.8, 4) is 34.1 Å². The zero-order chi connectivity index (χ0) is 18.5. The van der Waals surface area contributed by atoms with Crippen LogP contribution in [0.1, 0.15) is 0 Å². The molecular weight excluding hydrogens is 336 g/mol. The van der Waals surface area contributed by atoms with Gasteiger partial charge in [-0.05, 0) is 60.2 Å². The molecule has 0 aliphatic heterocycles. The van der Waals surface area contributed by atoms with E-state index in [-0.39, 0.29) is 0 Å². The van der Waals surface area contributed by atoms with Gasteiger partial charge in [0, 0.05) is 23.6 Å². The summed E-state index contributed by atoms with van der Waals surface area (Å²) < 4.78 is 11.9. The number of aromatic nitrogens is 1. The Labute approximate surface area is 157 Å². The van der Waals surface area contributed by atoms with E-state index < -0.39 is 0 Å². The molecule has 2 N–H and O–H groups in total. The molecule has 0 saturated heterocycles. The molecule has 1 heterocycles. The maximum atomic E-state index is 6.02. The minimum absolute atomic E-state index is 0.700. The number of pyridine rings is 1. The number of benzene rings is 3. The fourth-order valence-electron chi connectivity index (χ4n) is 2.68. The first-order valence-electron chi connectivity index (χ1n) is 8.59. The van der Waals surface area contributed by atoms with E-state index in [2.05, 4.69) is 4.98 Å². The molecule has 0 amide bonds. The van der Waals surface area contributed by atoms with Crippen LogP contribution in [0.2, 0.25) is 0 Å². The summed E-state index contributed by atoms with van der Waals surface area (Å²) in [5.74, 6) is 3.03. The van der Waals surface area contributed by atoms with Gasteiger partial charge in [0.15, 0.2) is 0 Å². The molecule has 27 heavy (non-hydrogen) atoms. The second-order valence-electron chi connectivity index (χ2n) is 5.98. The fourth-order valence-corrected chi connectivity index (χ4v) is 2.68. The Bertz CT molecular complexity index is 1010. The zero-order valence-corrected chi connectivity index (χ0v) is 14.6. The van der Waals surface area contributed by atoms with Crippen LogP contribution in [0, 0.1) is 0 Å². The summed E-state index contributed by atoms with van der Waals surface area (Å²) >= 11 is 0. The number of nitrogens with two attached hydrogens (primary N) is 1. The first-order valence-corrected chi connectivity index (χ1v) is 8.59. The summed E-state index contributed by atoms with van der Waals surface area (Å²) in [6, 6.07) is 26.7. The van der Waals surface area contributed by atoms with Crippen LogP contribution in [-0.4, -0.2) is 4.98 Å². The van der Waals surface area contributed by atoms with Crippen molar-refractivity contribution in [2.75, 3.05) is 5.73 Å². The zero-order valence-electron chi connectivity index (χ0n) is 14.6. The SMILES string of the molecule is Nc1ccc(Oc2ccncc2-c2ccc(Oc3ccccc3)cc2)cc1. The van der Waals surface area contributed by atoms with Crippen molar-refractivity contribution in [2.45, 2.75) is 0 Å². The van der Waals surface area contributed by atoms with Gasteiger partial charge < -0.3 is 15.2 Å². The summed E-state index contributed by atoms with van der Waals surface area (Å²) in [6.07, 6.45) is 3.50. The van der Waals surface area contributed by atoms with Gasteiger partial charge in [-0.15, -0.1) is 0 Å². The van der Waals surface area contributed by atoms with Crippen molar-refractivity contribution >= 4 is 5.69 Å². The van der Waals surface area contributed by atoms with Gasteiger partial charge in [-0.3, -0.25) is 4.98 Å². The topological polar surface area (TPSA) is 57.4 Å². The van der Waals surface area contributed by atoms with Crippen LogP contribution in [0.4, 0.5) is 5.69 Å². The lowest BCUT2D eigenvalue weighted by Crippen LogP contribution is -1.91. The molecule has 0 fully saturated rings. The normalized spacial score (nSPS) is 10.4. The third kappa shape index (κ3) is 4.07. The molecule has 0 unspecified atom stereocenters. The second kappa shape index (κ2) is 7.62. The number of ether oxygens (including phenoxy) is 2. The molecule has 0 spiro atoms. The average molecular weight is 354 g/mol. The van der Waals surface area contributed by atoms with E-state index in [0.717, 1.165) is 34.1 Å². The van der Waals surface area contributed by atoms with Gasteiger partial charge in [-0.2, -0.15) is 0 Å². The van der Waals surface area contributed by atoms with E-state index in [4.69, 9.17) is 15.2 Å². The minimum Gasteiger partial charge on any atom is -0.457 e. The Morgan fingerprint density at radius 2 is 1.26 bits per heavy atom. The maximum Gasteiger partial charge on any atom is 0.138 e. The summed E-state index contributed by atoms with van der Waals surface area (Å²) in [4.78, 5) is 4.24. The first-order chi connectivity index (χ1) is 13.3. The number of nitrogen functional groups attached to an aromatic ring is 1. The van der Waals surface area contributed by atoms with Crippen LogP contribution in [-0.2, 0) is 0 Å². The van der Waals surface area contributed by atoms with Crippen LogP contribution in [0.25, 0.3) is 11.1 Å². The highest BCUT2D eigenvalue weighted by Crippen LogP contribution is 2.34. The second-order valence-corrected chi connectivity index (χ2v) is 5.98. The molecule has 4 heteroatoms. The summed E-state index contributed by atoms with van der Waals surface area (Å²) in [5.41, 5.74) is 8.33. The summed E-state index contributed by atoms with van der Waals surface area (Å²) in [5, 5.41) is 0. The molecular formula is C23H18N2O2. The molecule has 3 aromatic carbocycles. The van der Waals surface area contributed by atoms with Gasteiger partial charge in [0.25, 0.3) is 0 Å². The van der Waals surface area contributed by atoms with Crippen molar-refractivity contribution in [1.29, 1.82) is 0 Å². The largest absolute Gasteiger partial charge is 0.457 e. The predicted molar refractivity (Wildman–Crippen MR) is 107 cm³/mol. The van der Waals surface area contributed by atoms with E-state index in [0.29, 0.717) is 5.69 Å². The Morgan fingerprint density at radius 3 is 2.00 bits per heavy atom. The number of nitrogens with zero attached hydrogens (tertiary/aromatic N) is 1. The molecule has 0 aliphatic rings. The summed E-state index contributed by atoms with van der Waals surface area (Å²) in [7, 11) is 0. The molecule has 0 aliphatic carbocycles. The predicted octanol–water partition coefficient (Wildman–Crippen LogP) is 5.92. The highest BCUT2D eigenvalue weighted by molar-refractivity contribution is 5.70. The monoisotopic (exact) mass is 354 g/mol. The van der Waals surface area contributed by atoms with Gasteiger partial charge in [-0.1, -0.05) is 30.3 Å². The van der Waals surface area contributed by atoms with Crippen molar-refractivity contribution in [1.82, 2.24) is 4.98 Å². The number of hydrogen-bond acceptors (Lipinski definition) is 4. The Balaban J connectivity index is 1.57. The van der Waals surface area contributed by atoms with Crippen LogP contribution < -0.4 is 15.2 Å². The minimum atomic E-state index is 0.700. The highest BCUT2D eigenvalue weighted by Gasteiger charge is 2.08. The Hall–Kier alpha value is -3.79. The van der Waals surface area contributed by atoms with E-state index in [1.54, 1.807) is 12.4 Å². The molecule has 4 nitrogen and oxygen atoms in total. The molecule has 0 bridgehead atoms. The van der Waals surface area contributed by atoms with Gasteiger partial charge in [0.1, 0.15) is 23.0 Å². The van der Waals surface area contributed by atoms with E-state index >= 15 is 0 Å². The lowest BCUT2D eigenvalue weighted by molar-refractivity contribution is 0.481. The number of anilines is 1. The standard InChI is InChI=1S/C23H18N2O2/c24-18-8-12-21(13-9-18)27-23-14-15-25-16-22(23)17-6-10-20(11-7-17)26-19-4-2-1-3-5-19/h1-16H,24H2. The van der Waals surface area contributed by atoms with Crippen molar-refractivity contribution in [3.05, 3.63) is 97.3 Å². The molecule has 132 valence electrons. The highest BCUT2D eigenvalue weighted by atomic mass is 16.5. The van der Waals surface area contributed by atoms with Gasteiger partial charge >= 0.3 is 0 Å². The van der Waals surface area contributed by atoms with E-state index in [1.165, 1.54) is 0 Å². The molecule has 0 atom stereocenters. The molecule has 0 radical (unpaired) electrons. The maximum absolute atomic E-state index is 6.02. The van der Waals surface area contributed by atoms with E-state index in [1.807, 2.05) is 84.9 Å². The van der Waals surface area contributed by atoms with Crippen molar-refractivity contribution < 1.29 is 9.47 Å². The third-order valence-corrected chi connectivity index (χ3v) is 4.03. The van der Waals surface area contributed by atoms with Crippen LogP contribution in [0.5, 0.6) is 23.0 Å². The van der Waals surface area contributed by atoms with Crippen LogP contribution in [0.3, 0.4) is 0 Å². The van der Waals surface area contributed by atoms with Gasteiger partial charge in [0.2, 0.25) is 0 Å². The van der Waals surface area contributed by atoms with E-state index in [9.17, 15) is 0 Å². The number of para-hydroxylation sites is 1. The van der Waals surface area contributed by atoms with Crippen LogP contribution in [0.15, 0.2) is 97.3 Å². The van der Waals surface area contributed by atoms with Crippen LogP contribution >= 0.6 is 0 Å². The Kier molecular flexibility index (Phi) is 4.70. The fraction of sp³-hybridized carbons (Fsp3) is 0. The average Bonchev–Trinajstić information content (AvgIpc) is 2.72. The Morgan fingerprint density at radius 1 is 0.630 bits per heavy atom. The number of rotatable bonds is 5. The third-order valence-electron chi connectivity index (χ3n) is 4.03. The van der Waals surface area contributed by atoms with Gasteiger partial charge in [0.05, 0.1) is 0 Å². The molecule has 4 aromatic rings.